The van der Waals surface area contributed by atoms with Gasteiger partial charge in [0.25, 0.3) is 0 Å². The first-order valence-electron chi connectivity index (χ1n) is 5.73. The Bertz CT molecular complexity index is 273. The summed E-state index contributed by atoms with van der Waals surface area (Å²) in [7, 11) is 0. The third-order valence-corrected chi connectivity index (χ3v) is 3.72. The third-order valence-electron chi connectivity index (χ3n) is 3.72. The molecule has 1 saturated heterocycles. The maximum atomic E-state index is 12.2. The summed E-state index contributed by atoms with van der Waals surface area (Å²) in [4.78, 5) is 24.4. The molecule has 0 saturated carbocycles. The number of hydrogen-bond acceptors (Lipinski definition) is 3. The Hall–Kier alpha value is -1.10. The third kappa shape index (κ3) is 2.04. The lowest BCUT2D eigenvalue weighted by atomic mass is 9.79. The van der Waals surface area contributed by atoms with Gasteiger partial charge in [-0.3, -0.25) is 9.59 Å². The lowest BCUT2D eigenvalue weighted by Gasteiger charge is -2.42. The van der Waals surface area contributed by atoms with E-state index in [0.29, 0.717) is 32.5 Å². The summed E-state index contributed by atoms with van der Waals surface area (Å²) < 4.78 is 0. The summed E-state index contributed by atoms with van der Waals surface area (Å²) >= 11 is 0. The molecule has 0 aliphatic carbocycles. The molecule has 1 heterocycles. The van der Waals surface area contributed by atoms with Crippen LogP contribution in [0, 0.1) is 11.3 Å². The van der Waals surface area contributed by atoms with Crippen molar-refractivity contribution in [3.8, 4) is 0 Å². The average Bonchev–Trinajstić information content (AvgIpc) is 2.18. The number of nitrogens with two attached hydrogens (primary N) is 1. The van der Waals surface area contributed by atoms with Crippen molar-refractivity contribution in [2.45, 2.75) is 26.7 Å². The molecule has 0 aromatic carbocycles. The molecule has 0 spiro atoms. The van der Waals surface area contributed by atoms with Crippen molar-refractivity contribution < 1.29 is 14.7 Å². The lowest BCUT2D eigenvalue weighted by Crippen LogP contribution is -2.58. The first kappa shape index (κ1) is 13.0. The minimum atomic E-state index is -0.824. The highest BCUT2D eigenvalue weighted by molar-refractivity contribution is 5.85. The molecule has 0 atom stereocenters. The first-order chi connectivity index (χ1) is 7.50. The molecule has 5 nitrogen and oxygen atoms in total. The van der Waals surface area contributed by atoms with Gasteiger partial charge in [-0.05, 0) is 12.8 Å². The second-order valence-electron chi connectivity index (χ2n) is 4.44. The van der Waals surface area contributed by atoms with E-state index in [1.807, 2.05) is 13.8 Å². The van der Waals surface area contributed by atoms with Crippen molar-refractivity contribution >= 4 is 11.9 Å². The van der Waals surface area contributed by atoms with Gasteiger partial charge in [-0.1, -0.05) is 13.8 Å². The molecule has 1 rings (SSSR count). The van der Waals surface area contributed by atoms with E-state index in [0.717, 1.165) is 0 Å². The summed E-state index contributed by atoms with van der Waals surface area (Å²) in [5, 5.41) is 8.74. The summed E-state index contributed by atoms with van der Waals surface area (Å²) in [6.07, 6.45) is 1.40. The van der Waals surface area contributed by atoms with E-state index in [-0.39, 0.29) is 5.91 Å². The van der Waals surface area contributed by atoms with Gasteiger partial charge >= 0.3 is 5.97 Å². The van der Waals surface area contributed by atoms with E-state index in [1.165, 1.54) is 0 Å². The molecule has 0 unspecified atom stereocenters. The van der Waals surface area contributed by atoms with E-state index >= 15 is 0 Å². The number of hydrogen-bond donors (Lipinski definition) is 2. The summed E-state index contributed by atoms with van der Waals surface area (Å²) in [6, 6.07) is 0. The Morgan fingerprint density at radius 3 is 2.19 bits per heavy atom. The van der Waals surface area contributed by atoms with E-state index in [2.05, 4.69) is 0 Å². The quantitative estimate of drug-likeness (QED) is 0.708. The minimum absolute atomic E-state index is 0.0116. The predicted octanol–water partition coefficient (Wildman–Crippen LogP) is 0.295. The van der Waals surface area contributed by atoms with Gasteiger partial charge in [-0.25, -0.2) is 0 Å². The SMILES string of the molecule is CCC(CC)(CN)C(=O)N1CC(C(=O)O)C1. The fourth-order valence-corrected chi connectivity index (χ4v) is 2.06. The zero-order valence-electron chi connectivity index (χ0n) is 9.90. The van der Waals surface area contributed by atoms with Crippen LogP contribution in [-0.4, -0.2) is 41.5 Å². The number of carbonyl (C=O) groups is 2. The first-order valence-corrected chi connectivity index (χ1v) is 5.73. The number of likely N-dealkylation sites (tertiary alicyclic amines) is 1. The van der Waals surface area contributed by atoms with Crippen LogP contribution in [0.15, 0.2) is 0 Å². The molecule has 16 heavy (non-hydrogen) atoms. The maximum absolute atomic E-state index is 12.2. The molecule has 3 N–H and O–H groups in total. The van der Waals surface area contributed by atoms with Gasteiger partial charge in [-0.15, -0.1) is 0 Å². The molecule has 92 valence electrons. The normalized spacial score (nSPS) is 17.1. The molecule has 0 aromatic heterocycles. The van der Waals surface area contributed by atoms with E-state index in [4.69, 9.17) is 10.8 Å². The number of nitrogens with zero attached hydrogens (tertiary/aromatic N) is 1. The highest BCUT2D eigenvalue weighted by Gasteiger charge is 2.43. The summed E-state index contributed by atoms with van der Waals surface area (Å²) in [6.45, 7) is 4.88. The van der Waals surface area contributed by atoms with Crippen LogP contribution in [0.5, 0.6) is 0 Å². The molecule has 1 fully saturated rings. The molecule has 5 heteroatoms. The second kappa shape index (κ2) is 4.82. The van der Waals surface area contributed by atoms with Crippen molar-refractivity contribution in [1.29, 1.82) is 0 Å². The number of carboxylic acid groups (broad SMARTS) is 1. The van der Waals surface area contributed by atoms with Gasteiger partial charge in [0.2, 0.25) is 5.91 Å². The van der Waals surface area contributed by atoms with Crippen molar-refractivity contribution in [1.82, 2.24) is 4.90 Å². The molecule has 1 amide bonds. The van der Waals surface area contributed by atoms with Crippen LogP contribution in [0.3, 0.4) is 0 Å². The number of amides is 1. The van der Waals surface area contributed by atoms with Gasteiger partial charge in [0.05, 0.1) is 11.3 Å². The Morgan fingerprint density at radius 1 is 1.38 bits per heavy atom. The van der Waals surface area contributed by atoms with Crippen molar-refractivity contribution in [3.05, 3.63) is 0 Å². The Balaban J connectivity index is 2.62. The minimum Gasteiger partial charge on any atom is -0.481 e. The topological polar surface area (TPSA) is 83.6 Å². The summed E-state index contributed by atoms with van der Waals surface area (Å²) in [5.74, 6) is -1.21. The van der Waals surface area contributed by atoms with Crippen LogP contribution in [0.2, 0.25) is 0 Å². The zero-order valence-corrected chi connectivity index (χ0v) is 9.90. The molecule has 0 aromatic rings. The highest BCUT2D eigenvalue weighted by Crippen LogP contribution is 2.31. The van der Waals surface area contributed by atoms with Crippen molar-refractivity contribution in [2.24, 2.45) is 17.1 Å². The van der Waals surface area contributed by atoms with Crippen molar-refractivity contribution in [2.75, 3.05) is 19.6 Å². The van der Waals surface area contributed by atoms with Gasteiger partial charge in [0.1, 0.15) is 0 Å². The van der Waals surface area contributed by atoms with Crippen LogP contribution in [0.1, 0.15) is 26.7 Å². The Morgan fingerprint density at radius 2 is 1.88 bits per heavy atom. The second-order valence-corrected chi connectivity index (χ2v) is 4.44. The van der Waals surface area contributed by atoms with Crippen molar-refractivity contribution in [3.63, 3.8) is 0 Å². The summed E-state index contributed by atoms with van der Waals surface area (Å²) in [5.41, 5.74) is 5.18. The largest absolute Gasteiger partial charge is 0.481 e. The molecular formula is C11H20N2O3. The fraction of sp³-hybridized carbons (Fsp3) is 0.818. The smallest absolute Gasteiger partial charge is 0.310 e. The maximum Gasteiger partial charge on any atom is 0.310 e. The van der Waals surface area contributed by atoms with E-state index in [9.17, 15) is 9.59 Å². The highest BCUT2D eigenvalue weighted by atomic mass is 16.4. The molecule has 1 aliphatic rings. The number of aliphatic carboxylic acids is 1. The predicted molar refractivity (Wildman–Crippen MR) is 59.8 cm³/mol. The van der Waals surface area contributed by atoms with Gasteiger partial charge < -0.3 is 15.7 Å². The number of carbonyl (C=O) groups excluding carboxylic acids is 1. The number of carboxylic acids is 1. The van der Waals surface area contributed by atoms with Gasteiger partial charge in [0, 0.05) is 19.6 Å². The average molecular weight is 228 g/mol. The van der Waals surface area contributed by atoms with Gasteiger partial charge in [-0.2, -0.15) is 0 Å². The Kier molecular flexibility index (Phi) is 3.91. The standard InChI is InChI=1S/C11H20N2O3/c1-3-11(4-2,7-12)10(16)13-5-8(6-13)9(14)15/h8H,3-7,12H2,1-2H3,(H,14,15). The lowest BCUT2D eigenvalue weighted by molar-refractivity contribution is -0.158. The molecular weight excluding hydrogens is 208 g/mol. The zero-order chi connectivity index (χ0) is 12.3. The van der Waals surface area contributed by atoms with Gasteiger partial charge in [0.15, 0.2) is 0 Å². The number of rotatable bonds is 5. The van der Waals surface area contributed by atoms with E-state index in [1.54, 1.807) is 4.90 Å². The van der Waals surface area contributed by atoms with Crippen LogP contribution in [0.4, 0.5) is 0 Å². The van der Waals surface area contributed by atoms with Crippen LogP contribution < -0.4 is 5.73 Å². The molecule has 0 radical (unpaired) electrons. The fourth-order valence-electron chi connectivity index (χ4n) is 2.06. The monoisotopic (exact) mass is 228 g/mol. The van der Waals surface area contributed by atoms with Crippen LogP contribution in [-0.2, 0) is 9.59 Å². The van der Waals surface area contributed by atoms with Crippen LogP contribution in [0.25, 0.3) is 0 Å². The Labute approximate surface area is 95.6 Å². The molecule has 0 bridgehead atoms. The van der Waals surface area contributed by atoms with Crippen LogP contribution >= 0.6 is 0 Å². The molecule has 1 aliphatic heterocycles. The van der Waals surface area contributed by atoms with E-state index < -0.39 is 17.3 Å².